The second-order valence-electron chi connectivity index (χ2n) is 3.36. The summed E-state index contributed by atoms with van der Waals surface area (Å²) in [6.07, 6.45) is -0.511. The monoisotopic (exact) mass is 256 g/mol. The van der Waals surface area contributed by atoms with Crippen LogP contribution in [0.15, 0.2) is 36.8 Å². The molecular weight excluding hydrogens is 249 g/mol. The van der Waals surface area contributed by atoms with E-state index in [1.54, 1.807) is 12.1 Å². The predicted molar refractivity (Wildman–Crippen MR) is 59.9 cm³/mol. The third-order valence-corrected chi connectivity index (χ3v) is 2.56. The minimum Gasteiger partial charge on any atom is -0.352 e. The summed E-state index contributed by atoms with van der Waals surface area (Å²) < 4.78 is 37.9. The molecule has 2 rings (SSSR count). The van der Waals surface area contributed by atoms with Gasteiger partial charge in [-0.25, -0.2) is 0 Å². The predicted octanol–water partition coefficient (Wildman–Crippen LogP) is 3.82. The molecule has 2 nitrogen and oxygen atoms in total. The molecule has 2 heterocycles. The van der Waals surface area contributed by atoms with E-state index in [0.29, 0.717) is 11.1 Å². The van der Waals surface area contributed by atoms with E-state index >= 15 is 0 Å². The van der Waals surface area contributed by atoms with Gasteiger partial charge in [0.05, 0.1) is 5.56 Å². The molecule has 0 radical (unpaired) electrons. The smallest absolute Gasteiger partial charge is 0.352 e. The number of H-pyrrole nitrogens is 1. The molecule has 17 heavy (non-hydrogen) atoms. The molecule has 0 aliphatic heterocycles. The third-order valence-electron chi connectivity index (χ3n) is 2.22. The van der Waals surface area contributed by atoms with Crippen LogP contribution in [0.2, 0.25) is 0 Å². The fourth-order valence-corrected chi connectivity index (χ4v) is 1.63. The van der Waals surface area contributed by atoms with Crippen molar-refractivity contribution in [3.8, 4) is 11.1 Å². The van der Waals surface area contributed by atoms with E-state index in [4.69, 9.17) is 12.2 Å². The molecule has 2 aromatic heterocycles. The van der Waals surface area contributed by atoms with Gasteiger partial charge in [-0.1, -0.05) is 12.2 Å². The average Bonchev–Trinajstić information content (AvgIpc) is 2.29. The Morgan fingerprint density at radius 3 is 2.41 bits per heavy atom. The van der Waals surface area contributed by atoms with Crippen molar-refractivity contribution in [3.63, 3.8) is 0 Å². The van der Waals surface area contributed by atoms with Crippen LogP contribution in [0.1, 0.15) is 5.56 Å². The number of halogens is 3. The van der Waals surface area contributed by atoms with E-state index < -0.39 is 11.7 Å². The third kappa shape index (κ3) is 2.52. The van der Waals surface area contributed by atoms with Gasteiger partial charge in [-0.3, -0.25) is 4.98 Å². The van der Waals surface area contributed by atoms with Gasteiger partial charge in [0.2, 0.25) is 0 Å². The molecule has 0 aliphatic rings. The van der Waals surface area contributed by atoms with Crippen molar-refractivity contribution in [2.75, 3.05) is 0 Å². The lowest BCUT2D eigenvalue weighted by molar-refractivity contribution is -0.137. The highest BCUT2D eigenvalue weighted by Crippen LogP contribution is 2.31. The van der Waals surface area contributed by atoms with E-state index in [9.17, 15) is 13.2 Å². The Morgan fingerprint density at radius 1 is 1.18 bits per heavy atom. The van der Waals surface area contributed by atoms with Crippen LogP contribution in [0.3, 0.4) is 0 Å². The fourth-order valence-electron chi connectivity index (χ4n) is 1.39. The van der Waals surface area contributed by atoms with Crippen molar-refractivity contribution >= 4 is 12.2 Å². The Labute approximate surface area is 100 Å². The minimum atomic E-state index is -4.39. The second-order valence-corrected chi connectivity index (χ2v) is 3.77. The molecule has 0 atom stereocenters. The molecule has 0 fully saturated rings. The highest BCUT2D eigenvalue weighted by Gasteiger charge is 2.31. The first-order valence-electron chi connectivity index (χ1n) is 4.69. The standard InChI is InChI=1S/C11H7F3N2S/c12-11(13,14)8-5-9(10(17)16-6-8)7-1-3-15-4-2-7/h1-6H,(H,16,17). The van der Waals surface area contributed by atoms with Gasteiger partial charge in [-0.15, -0.1) is 0 Å². The number of alkyl halides is 3. The van der Waals surface area contributed by atoms with Crippen molar-refractivity contribution in [2.45, 2.75) is 6.18 Å². The van der Waals surface area contributed by atoms with Crippen LogP contribution in [-0.2, 0) is 6.18 Å². The summed E-state index contributed by atoms with van der Waals surface area (Å²) in [5.74, 6) is 0. The van der Waals surface area contributed by atoms with E-state index in [1.807, 2.05) is 0 Å². The number of nitrogens with one attached hydrogen (secondary N) is 1. The quantitative estimate of drug-likeness (QED) is 0.786. The number of hydrogen-bond donors (Lipinski definition) is 1. The van der Waals surface area contributed by atoms with Crippen LogP contribution in [0.4, 0.5) is 13.2 Å². The molecule has 2 aromatic rings. The molecular formula is C11H7F3N2S. The number of pyridine rings is 2. The molecule has 0 aliphatic carbocycles. The zero-order chi connectivity index (χ0) is 12.5. The Hall–Kier alpha value is -1.69. The second kappa shape index (κ2) is 4.29. The topological polar surface area (TPSA) is 28.7 Å². The zero-order valence-electron chi connectivity index (χ0n) is 8.45. The first-order chi connectivity index (χ1) is 7.98. The Morgan fingerprint density at radius 2 is 1.82 bits per heavy atom. The Kier molecular flexibility index (Phi) is 2.97. The van der Waals surface area contributed by atoms with Crippen LogP contribution < -0.4 is 0 Å². The molecule has 88 valence electrons. The van der Waals surface area contributed by atoms with Crippen LogP contribution in [0, 0.1) is 4.64 Å². The molecule has 0 amide bonds. The summed E-state index contributed by atoms with van der Waals surface area (Å²) in [6.45, 7) is 0. The molecule has 1 N–H and O–H groups in total. The number of nitrogens with zero attached hydrogens (tertiary/aromatic N) is 1. The van der Waals surface area contributed by atoms with Gasteiger partial charge < -0.3 is 4.98 Å². The lowest BCUT2D eigenvalue weighted by Crippen LogP contribution is -2.05. The highest BCUT2D eigenvalue weighted by atomic mass is 32.1. The van der Waals surface area contributed by atoms with E-state index in [2.05, 4.69) is 9.97 Å². The number of aromatic amines is 1. The molecule has 0 bridgehead atoms. The van der Waals surface area contributed by atoms with Crippen molar-refractivity contribution in [2.24, 2.45) is 0 Å². The first kappa shape index (κ1) is 11.8. The van der Waals surface area contributed by atoms with Gasteiger partial charge in [0.15, 0.2) is 0 Å². The summed E-state index contributed by atoms with van der Waals surface area (Å²) in [4.78, 5) is 6.25. The van der Waals surface area contributed by atoms with E-state index in [1.165, 1.54) is 12.4 Å². The Balaban J connectivity index is 2.59. The lowest BCUT2D eigenvalue weighted by atomic mass is 10.1. The summed E-state index contributed by atoms with van der Waals surface area (Å²) in [7, 11) is 0. The SMILES string of the molecule is FC(F)(F)c1c[nH]c(=S)c(-c2ccncc2)c1. The molecule has 0 saturated heterocycles. The Bertz CT molecular complexity index is 575. The zero-order valence-corrected chi connectivity index (χ0v) is 9.27. The molecule has 6 heteroatoms. The highest BCUT2D eigenvalue weighted by molar-refractivity contribution is 7.71. The summed E-state index contributed by atoms with van der Waals surface area (Å²) in [5.41, 5.74) is 0.197. The van der Waals surface area contributed by atoms with E-state index in [0.717, 1.165) is 12.3 Å². The maximum atomic E-state index is 12.5. The van der Waals surface area contributed by atoms with Crippen molar-refractivity contribution in [3.05, 3.63) is 47.0 Å². The van der Waals surface area contributed by atoms with Crippen LogP contribution in [0.25, 0.3) is 11.1 Å². The number of hydrogen-bond acceptors (Lipinski definition) is 2. The maximum Gasteiger partial charge on any atom is 0.417 e. The lowest BCUT2D eigenvalue weighted by Gasteiger charge is -2.08. The average molecular weight is 256 g/mol. The minimum absolute atomic E-state index is 0.268. The molecule has 0 aromatic carbocycles. The van der Waals surface area contributed by atoms with Gasteiger partial charge in [0.1, 0.15) is 4.64 Å². The van der Waals surface area contributed by atoms with Gasteiger partial charge in [0.25, 0.3) is 0 Å². The van der Waals surface area contributed by atoms with Crippen LogP contribution in [0.5, 0.6) is 0 Å². The van der Waals surface area contributed by atoms with Gasteiger partial charge >= 0.3 is 6.18 Å². The van der Waals surface area contributed by atoms with Crippen LogP contribution >= 0.6 is 12.2 Å². The van der Waals surface area contributed by atoms with Gasteiger partial charge in [0, 0.05) is 24.2 Å². The van der Waals surface area contributed by atoms with Crippen molar-refractivity contribution in [1.82, 2.24) is 9.97 Å². The van der Waals surface area contributed by atoms with Gasteiger partial charge in [-0.05, 0) is 23.8 Å². The van der Waals surface area contributed by atoms with Crippen LogP contribution in [-0.4, -0.2) is 9.97 Å². The molecule has 0 saturated carbocycles. The number of rotatable bonds is 1. The normalized spacial score (nSPS) is 11.5. The molecule has 0 unspecified atom stereocenters. The summed E-state index contributed by atoms with van der Waals surface area (Å²) in [5, 5.41) is 0. The maximum absolute atomic E-state index is 12.5. The van der Waals surface area contributed by atoms with Gasteiger partial charge in [-0.2, -0.15) is 13.2 Å². The summed E-state index contributed by atoms with van der Waals surface area (Å²) >= 11 is 4.97. The largest absolute Gasteiger partial charge is 0.417 e. The van der Waals surface area contributed by atoms with Crippen molar-refractivity contribution in [1.29, 1.82) is 0 Å². The number of aromatic nitrogens is 2. The fraction of sp³-hybridized carbons (Fsp3) is 0.0909. The first-order valence-corrected chi connectivity index (χ1v) is 5.09. The summed E-state index contributed by atoms with van der Waals surface area (Å²) in [6, 6.07) is 4.26. The molecule has 0 spiro atoms. The van der Waals surface area contributed by atoms with Crippen molar-refractivity contribution < 1.29 is 13.2 Å². The van der Waals surface area contributed by atoms with E-state index in [-0.39, 0.29) is 4.64 Å².